The van der Waals surface area contributed by atoms with E-state index in [0.717, 1.165) is 23.2 Å². The summed E-state index contributed by atoms with van der Waals surface area (Å²) in [5.41, 5.74) is 3.15. The lowest BCUT2D eigenvalue weighted by Crippen LogP contribution is -2.32. The molecule has 3 aromatic rings. The van der Waals surface area contributed by atoms with E-state index in [1.165, 1.54) is 0 Å². The van der Waals surface area contributed by atoms with Crippen molar-refractivity contribution in [2.75, 3.05) is 33.8 Å². The summed E-state index contributed by atoms with van der Waals surface area (Å²) in [5, 5.41) is 11.4. The molecule has 204 valence electrons. The van der Waals surface area contributed by atoms with Crippen LogP contribution in [0.5, 0.6) is 11.5 Å². The summed E-state index contributed by atoms with van der Waals surface area (Å²) in [6, 6.07) is 21.8. The Hall–Kier alpha value is -4.10. The standard InChI is InChI=1S/C32H36N2O5/c1-5-38-26-15-12-24(13-16-26)29-28(31(36)32(37)34(29)19-9-18-33(3)4)30(35)25-14-17-27(22(2)20-25)39-21-23-10-7-6-8-11-23/h6-8,10-17,20,29,35H,5,9,18-19,21H2,1-4H3/b30-28+/t29-/m1/s1. The van der Waals surface area contributed by atoms with Crippen LogP contribution in [0.1, 0.15) is 41.6 Å². The minimum absolute atomic E-state index is 0.0892. The van der Waals surface area contributed by atoms with Gasteiger partial charge in [0.2, 0.25) is 0 Å². The second kappa shape index (κ2) is 12.6. The third kappa shape index (κ3) is 6.49. The second-order valence-corrected chi connectivity index (χ2v) is 9.91. The number of Topliss-reactive ketones (excluding diaryl/α,β-unsaturated/α-hetero) is 1. The van der Waals surface area contributed by atoms with Gasteiger partial charge in [0.05, 0.1) is 18.2 Å². The summed E-state index contributed by atoms with van der Waals surface area (Å²) in [5.74, 6) is -0.0952. The van der Waals surface area contributed by atoms with E-state index in [4.69, 9.17) is 9.47 Å². The first-order chi connectivity index (χ1) is 18.8. The maximum Gasteiger partial charge on any atom is 0.295 e. The number of rotatable bonds is 11. The molecule has 39 heavy (non-hydrogen) atoms. The average Bonchev–Trinajstić information content (AvgIpc) is 3.18. The molecule has 0 aromatic heterocycles. The number of aliphatic hydroxyl groups is 1. The monoisotopic (exact) mass is 528 g/mol. The minimum Gasteiger partial charge on any atom is -0.507 e. The number of aliphatic hydroxyl groups excluding tert-OH is 1. The number of carbonyl (C=O) groups excluding carboxylic acids is 2. The minimum atomic E-state index is -0.697. The van der Waals surface area contributed by atoms with Crippen LogP contribution < -0.4 is 9.47 Å². The van der Waals surface area contributed by atoms with Crippen molar-refractivity contribution in [3.63, 3.8) is 0 Å². The molecule has 4 rings (SSSR count). The Bertz CT molecular complexity index is 1330. The summed E-state index contributed by atoms with van der Waals surface area (Å²) in [4.78, 5) is 30.1. The van der Waals surface area contributed by atoms with E-state index < -0.39 is 17.7 Å². The molecule has 0 unspecified atom stereocenters. The fourth-order valence-corrected chi connectivity index (χ4v) is 4.78. The van der Waals surface area contributed by atoms with Crippen molar-refractivity contribution < 1.29 is 24.2 Å². The van der Waals surface area contributed by atoms with Gasteiger partial charge in [-0.25, -0.2) is 0 Å². The fourth-order valence-electron chi connectivity index (χ4n) is 4.78. The summed E-state index contributed by atoms with van der Waals surface area (Å²) < 4.78 is 11.6. The number of carbonyl (C=O) groups is 2. The van der Waals surface area contributed by atoms with Crippen molar-refractivity contribution in [2.24, 2.45) is 0 Å². The first-order valence-electron chi connectivity index (χ1n) is 13.2. The molecule has 1 atom stereocenters. The number of benzene rings is 3. The normalized spacial score (nSPS) is 16.6. The lowest BCUT2D eigenvalue weighted by molar-refractivity contribution is -0.139. The molecule has 1 N–H and O–H groups in total. The van der Waals surface area contributed by atoms with Crippen LogP contribution in [0.2, 0.25) is 0 Å². The van der Waals surface area contributed by atoms with Gasteiger partial charge in [0.25, 0.3) is 11.7 Å². The molecule has 3 aromatic carbocycles. The van der Waals surface area contributed by atoms with Gasteiger partial charge >= 0.3 is 0 Å². The van der Waals surface area contributed by atoms with Crippen molar-refractivity contribution in [1.82, 2.24) is 9.80 Å². The highest BCUT2D eigenvalue weighted by atomic mass is 16.5. The maximum absolute atomic E-state index is 13.3. The van der Waals surface area contributed by atoms with Crippen molar-refractivity contribution in [3.05, 3.63) is 101 Å². The van der Waals surface area contributed by atoms with E-state index in [9.17, 15) is 14.7 Å². The zero-order valence-corrected chi connectivity index (χ0v) is 23.0. The van der Waals surface area contributed by atoms with Gasteiger partial charge in [-0.3, -0.25) is 9.59 Å². The van der Waals surface area contributed by atoms with Crippen LogP contribution in [0, 0.1) is 6.92 Å². The molecular weight excluding hydrogens is 492 g/mol. The summed E-state index contributed by atoms with van der Waals surface area (Å²) in [7, 11) is 3.93. The second-order valence-electron chi connectivity index (χ2n) is 9.91. The number of nitrogens with zero attached hydrogens (tertiary/aromatic N) is 2. The third-order valence-electron chi connectivity index (χ3n) is 6.74. The van der Waals surface area contributed by atoms with E-state index in [-0.39, 0.29) is 11.3 Å². The Morgan fingerprint density at radius 1 is 0.974 bits per heavy atom. The Kier molecular flexibility index (Phi) is 9.04. The molecule has 0 spiro atoms. The van der Waals surface area contributed by atoms with Crippen LogP contribution in [-0.2, 0) is 16.2 Å². The zero-order valence-electron chi connectivity index (χ0n) is 23.0. The lowest BCUT2D eigenvalue weighted by Gasteiger charge is -2.26. The predicted molar refractivity (Wildman–Crippen MR) is 152 cm³/mol. The van der Waals surface area contributed by atoms with Crippen LogP contribution in [0.25, 0.3) is 5.76 Å². The summed E-state index contributed by atoms with van der Waals surface area (Å²) in [6.07, 6.45) is 0.695. The van der Waals surface area contributed by atoms with Gasteiger partial charge in [-0.05, 0) is 87.9 Å². The molecule has 1 aliphatic heterocycles. The highest BCUT2D eigenvalue weighted by Crippen LogP contribution is 2.40. The predicted octanol–water partition coefficient (Wildman–Crippen LogP) is 5.35. The number of aryl methyl sites for hydroxylation is 1. The third-order valence-corrected chi connectivity index (χ3v) is 6.74. The molecule has 1 saturated heterocycles. The van der Waals surface area contributed by atoms with Gasteiger partial charge < -0.3 is 24.4 Å². The van der Waals surface area contributed by atoms with Gasteiger partial charge in [-0.2, -0.15) is 0 Å². The van der Waals surface area contributed by atoms with E-state index >= 15 is 0 Å². The van der Waals surface area contributed by atoms with E-state index in [1.807, 2.05) is 87.4 Å². The molecular formula is C32H36N2O5. The highest BCUT2D eigenvalue weighted by Gasteiger charge is 2.45. The van der Waals surface area contributed by atoms with Crippen LogP contribution in [0.4, 0.5) is 0 Å². The smallest absolute Gasteiger partial charge is 0.295 e. The molecule has 0 radical (unpaired) electrons. The first kappa shape index (κ1) is 27.9. The molecule has 0 aliphatic carbocycles. The summed E-state index contributed by atoms with van der Waals surface area (Å²) in [6.45, 7) is 5.91. The van der Waals surface area contributed by atoms with Crippen molar-refractivity contribution >= 4 is 17.4 Å². The van der Waals surface area contributed by atoms with Crippen molar-refractivity contribution in [3.8, 4) is 11.5 Å². The van der Waals surface area contributed by atoms with Crippen LogP contribution in [-0.4, -0.2) is 60.4 Å². The molecule has 1 heterocycles. The largest absolute Gasteiger partial charge is 0.507 e. The molecule has 0 saturated carbocycles. The molecule has 1 aliphatic rings. The van der Waals surface area contributed by atoms with Crippen LogP contribution in [0.15, 0.2) is 78.4 Å². The zero-order chi connectivity index (χ0) is 27.9. The highest BCUT2D eigenvalue weighted by molar-refractivity contribution is 6.46. The number of amides is 1. The van der Waals surface area contributed by atoms with Gasteiger partial charge in [0.1, 0.15) is 23.9 Å². The number of hydrogen-bond donors (Lipinski definition) is 1. The quantitative estimate of drug-likeness (QED) is 0.205. The summed E-state index contributed by atoms with van der Waals surface area (Å²) >= 11 is 0. The van der Waals surface area contributed by atoms with Crippen molar-refractivity contribution in [2.45, 2.75) is 32.9 Å². The van der Waals surface area contributed by atoms with Gasteiger partial charge in [0, 0.05) is 12.1 Å². The number of likely N-dealkylation sites (tertiary alicyclic amines) is 1. The van der Waals surface area contributed by atoms with Crippen LogP contribution >= 0.6 is 0 Å². The number of ether oxygens (including phenoxy) is 2. The Morgan fingerprint density at radius 3 is 2.33 bits per heavy atom. The molecule has 1 amide bonds. The van der Waals surface area contributed by atoms with Gasteiger partial charge in [-0.15, -0.1) is 0 Å². The molecule has 7 heteroatoms. The van der Waals surface area contributed by atoms with Gasteiger partial charge in [-0.1, -0.05) is 42.5 Å². The average molecular weight is 529 g/mol. The topological polar surface area (TPSA) is 79.3 Å². The van der Waals surface area contributed by atoms with Crippen molar-refractivity contribution in [1.29, 1.82) is 0 Å². The van der Waals surface area contributed by atoms with E-state index in [0.29, 0.717) is 43.2 Å². The number of ketones is 1. The fraction of sp³-hybridized carbons (Fsp3) is 0.312. The Balaban J connectivity index is 1.67. The molecule has 0 bridgehead atoms. The van der Waals surface area contributed by atoms with Gasteiger partial charge in [0.15, 0.2) is 0 Å². The van der Waals surface area contributed by atoms with Crippen LogP contribution in [0.3, 0.4) is 0 Å². The lowest BCUT2D eigenvalue weighted by atomic mass is 9.94. The van der Waals surface area contributed by atoms with E-state index in [1.54, 1.807) is 23.1 Å². The van der Waals surface area contributed by atoms with E-state index in [2.05, 4.69) is 0 Å². The first-order valence-corrected chi connectivity index (χ1v) is 13.2. The molecule has 1 fully saturated rings. The molecule has 7 nitrogen and oxygen atoms in total. The number of hydrogen-bond acceptors (Lipinski definition) is 6. The SMILES string of the molecule is CCOc1ccc([C@@H]2/C(=C(\O)c3ccc(OCc4ccccc4)c(C)c3)C(=O)C(=O)N2CCCN(C)C)cc1. The Labute approximate surface area is 230 Å². The maximum atomic E-state index is 13.3. The Morgan fingerprint density at radius 2 is 1.69 bits per heavy atom.